The summed E-state index contributed by atoms with van der Waals surface area (Å²) in [6, 6.07) is 0. The summed E-state index contributed by atoms with van der Waals surface area (Å²) >= 11 is 0. The molecule has 0 spiro atoms. The highest BCUT2D eigenvalue weighted by atomic mass is 15.1. The number of nitrogens with zero attached hydrogens (tertiary/aromatic N) is 1. The van der Waals surface area contributed by atoms with Gasteiger partial charge in [0.05, 0.1) is 0 Å². The molecule has 1 fully saturated rings. The van der Waals surface area contributed by atoms with Gasteiger partial charge >= 0.3 is 0 Å². The van der Waals surface area contributed by atoms with Crippen LogP contribution in [-0.4, -0.2) is 18.0 Å². The molecule has 0 N–H and O–H groups in total. The third-order valence-corrected chi connectivity index (χ3v) is 2.61. The molecule has 1 aliphatic heterocycles. The van der Waals surface area contributed by atoms with Crippen molar-refractivity contribution in [2.24, 2.45) is 5.92 Å². The second kappa shape index (κ2) is 4.54. The van der Waals surface area contributed by atoms with E-state index in [1.165, 1.54) is 38.0 Å². The summed E-state index contributed by atoms with van der Waals surface area (Å²) in [5, 5.41) is 0. The van der Waals surface area contributed by atoms with E-state index in [0.717, 1.165) is 0 Å². The topological polar surface area (TPSA) is 3.24 Å². The van der Waals surface area contributed by atoms with Crippen molar-refractivity contribution in [3.8, 4) is 0 Å². The molecule has 0 aromatic heterocycles. The Morgan fingerprint density at radius 2 is 1.75 bits per heavy atom. The van der Waals surface area contributed by atoms with E-state index in [2.05, 4.69) is 31.7 Å². The fourth-order valence-electron chi connectivity index (χ4n) is 2.03. The lowest BCUT2D eigenvalue weighted by molar-refractivity contribution is 0.262. The number of likely N-dealkylation sites (tertiary alicyclic amines) is 1. The van der Waals surface area contributed by atoms with Crippen LogP contribution in [0.15, 0.2) is 11.8 Å². The molecule has 0 unspecified atom stereocenters. The van der Waals surface area contributed by atoms with Gasteiger partial charge in [0, 0.05) is 18.8 Å². The van der Waals surface area contributed by atoms with Crippen molar-refractivity contribution in [3.05, 3.63) is 11.8 Å². The first-order valence-electron chi connectivity index (χ1n) is 5.17. The van der Waals surface area contributed by atoms with Crippen LogP contribution in [0.1, 0.15) is 40.0 Å². The van der Waals surface area contributed by atoms with E-state index in [1.54, 1.807) is 0 Å². The van der Waals surface area contributed by atoms with Crippen molar-refractivity contribution in [2.45, 2.75) is 40.0 Å². The Morgan fingerprint density at radius 1 is 1.17 bits per heavy atom. The summed E-state index contributed by atoms with van der Waals surface area (Å²) in [7, 11) is 0. The van der Waals surface area contributed by atoms with Gasteiger partial charge in [-0.15, -0.1) is 0 Å². The van der Waals surface area contributed by atoms with Gasteiger partial charge in [-0.25, -0.2) is 0 Å². The SMILES string of the molecule is C/C=C(\C(C)C)N1CCCCC1. The molecule has 0 aromatic rings. The molecule has 0 aliphatic carbocycles. The van der Waals surface area contributed by atoms with Crippen molar-refractivity contribution in [1.29, 1.82) is 0 Å². The summed E-state index contributed by atoms with van der Waals surface area (Å²) in [5.41, 5.74) is 1.54. The highest BCUT2D eigenvalue weighted by Gasteiger charge is 2.14. The Bertz CT molecular complexity index is 152. The number of hydrogen-bond acceptors (Lipinski definition) is 1. The van der Waals surface area contributed by atoms with Gasteiger partial charge in [-0.1, -0.05) is 19.9 Å². The summed E-state index contributed by atoms with van der Waals surface area (Å²) in [4.78, 5) is 2.55. The predicted octanol–water partition coefficient (Wildman–Crippen LogP) is 3.03. The number of piperidine rings is 1. The molecule has 70 valence electrons. The van der Waals surface area contributed by atoms with E-state index in [-0.39, 0.29) is 0 Å². The lowest BCUT2D eigenvalue weighted by atomic mass is 10.0. The van der Waals surface area contributed by atoms with Gasteiger partial charge in [0.2, 0.25) is 0 Å². The van der Waals surface area contributed by atoms with Crippen LogP contribution < -0.4 is 0 Å². The fourth-order valence-corrected chi connectivity index (χ4v) is 2.03. The molecule has 0 atom stereocenters. The summed E-state index contributed by atoms with van der Waals surface area (Å²) in [5.74, 6) is 0.688. The Kier molecular flexibility index (Phi) is 3.64. The van der Waals surface area contributed by atoms with E-state index in [0.29, 0.717) is 5.92 Å². The van der Waals surface area contributed by atoms with Crippen molar-refractivity contribution < 1.29 is 0 Å². The van der Waals surface area contributed by atoms with Gasteiger partial charge in [-0.2, -0.15) is 0 Å². The Morgan fingerprint density at radius 3 is 2.17 bits per heavy atom. The zero-order chi connectivity index (χ0) is 8.97. The van der Waals surface area contributed by atoms with Crippen LogP contribution in [0, 0.1) is 5.92 Å². The lowest BCUT2D eigenvalue weighted by Gasteiger charge is -2.33. The second-order valence-electron chi connectivity index (χ2n) is 3.92. The molecule has 1 saturated heterocycles. The maximum absolute atomic E-state index is 2.55. The molecule has 1 nitrogen and oxygen atoms in total. The van der Waals surface area contributed by atoms with Gasteiger partial charge in [0.1, 0.15) is 0 Å². The monoisotopic (exact) mass is 167 g/mol. The van der Waals surface area contributed by atoms with Crippen LogP contribution in [-0.2, 0) is 0 Å². The molecule has 1 rings (SSSR count). The van der Waals surface area contributed by atoms with Crippen molar-refractivity contribution in [3.63, 3.8) is 0 Å². The molecular weight excluding hydrogens is 146 g/mol. The van der Waals surface area contributed by atoms with E-state index in [9.17, 15) is 0 Å². The van der Waals surface area contributed by atoms with E-state index >= 15 is 0 Å². The lowest BCUT2D eigenvalue weighted by Crippen LogP contribution is -2.31. The largest absolute Gasteiger partial charge is 0.375 e. The average Bonchev–Trinajstić information content (AvgIpc) is 2.07. The minimum atomic E-state index is 0.688. The Balaban J connectivity index is 2.53. The molecular formula is C11H21N. The first-order valence-corrected chi connectivity index (χ1v) is 5.17. The minimum Gasteiger partial charge on any atom is -0.375 e. The van der Waals surface area contributed by atoms with E-state index < -0.39 is 0 Å². The first-order chi connectivity index (χ1) is 5.75. The third kappa shape index (κ3) is 2.26. The molecule has 1 heterocycles. The van der Waals surface area contributed by atoms with E-state index in [1.807, 2.05) is 0 Å². The Labute approximate surface area is 76.5 Å². The van der Waals surface area contributed by atoms with Crippen LogP contribution in [0.4, 0.5) is 0 Å². The molecule has 0 radical (unpaired) electrons. The Hall–Kier alpha value is -0.460. The van der Waals surface area contributed by atoms with Gasteiger partial charge < -0.3 is 4.90 Å². The van der Waals surface area contributed by atoms with Gasteiger partial charge in [0.25, 0.3) is 0 Å². The number of rotatable bonds is 2. The molecule has 0 amide bonds. The summed E-state index contributed by atoms with van der Waals surface area (Å²) in [6.45, 7) is 9.27. The van der Waals surface area contributed by atoms with Gasteiger partial charge in [-0.3, -0.25) is 0 Å². The first kappa shape index (κ1) is 9.63. The number of allylic oxidation sites excluding steroid dienone is 2. The molecule has 0 saturated carbocycles. The second-order valence-corrected chi connectivity index (χ2v) is 3.92. The summed E-state index contributed by atoms with van der Waals surface area (Å²) in [6.07, 6.45) is 6.45. The molecule has 12 heavy (non-hydrogen) atoms. The van der Waals surface area contributed by atoms with Crippen LogP contribution in [0.2, 0.25) is 0 Å². The van der Waals surface area contributed by atoms with Crippen LogP contribution >= 0.6 is 0 Å². The minimum absolute atomic E-state index is 0.688. The zero-order valence-electron chi connectivity index (χ0n) is 8.64. The van der Waals surface area contributed by atoms with Gasteiger partial charge in [0.15, 0.2) is 0 Å². The number of hydrogen-bond donors (Lipinski definition) is 0. The predicted molar refractivity (Wildman–Crippen MR) is 54.0 cm³/mol. The van der Waals surface area contributed by atoms with Crippen molar-refractivity contribution in [2.75, 3.05) is 13.1 Å². The highest BCUT2D eigenvalue weighted by Crippen LogP contribution is 2.20. The van der Waals surface area contributed by atoms with Gasteiger partial charge in [-0.05, 0) is 32.1 Å². The molecule has 1 heteroatoms. The van der Waals surface area contributed by atoms with Crippen molar-refractivity contribution >= 4 is 0 Å². The molecule has 0 bridgehead atoms. The maximum atomic E-state index is 2.55. The highest BCUT2D eigenvalue weighted by molar-refractivity contribution is 5.03. The fraction of sp³-hybridized carbons (Fsp3) is 0.818. The quantitative estimate of drug-likeness (QED) is 0.611. The van der Waals surface area contributed by atoms with Crippen LogP contribution in [0.25, 0.3) is 0 Å². The smallest absolute Gasteiger partial charge is 0.0175 e. The maximum Gasteiger partial charge on any atom is 0.0175 e. The van der Waals surface area contributed by atoms with Crippen molar-refractivity contribution in [1.82, 2.24) is 4.90 Å². The normalized spacial score (nSPS) is 20.3. The zero-order valence-corrected chi connectivity index (χ0v) is 8.64. The van der Waals surface area contributed by atoms with Crippen LogP contribution in [0.5, 0.6) is 0 Å². The molecule has 1 aliphatic rings. The standard InChI is InChI=1S/C11H21N/c1-4-11(10(2)3)12-8-6-5-7-9-12/h4,10H,5-9H2,1-3H3/b11-4+. The summed E-state index contributed by atoms with van der Waals surface area (Å²) < 4.78 is 0. The van der Waals surface area contributed by atoms with Crippen LogP contribution in [0.3, 0.4) is 0 Å². The third-order valence-electron chi connectivity index (χ3n) is 2.61. The van der Waals surface area contributed by atoms with E-state index in [4.69, 9.17) is 0 Å². The molecule has 0 aromatic carbocycles. The average molecular weight is 167 g/mol.